The van der Waals surface area contributed by atoms with Gasteiger partial charge in [-0.15, -0.1) is 0 Å². The van der Waals surface area contributed by atoms with Gasteiger partial charge in [-0.05, 0) is 69.8 Å². The summed E-state index contributed by atoms with van der Waals surface area (Å²) in [6.07, 6.45) is 11.3. The number of nitrogens with one attached hydrogen (secondary N) is 2. The molecule has 1 aliphatic heterocycles. The van der Waals surface area contributed by atoms with Crippen LogP contribution in [0.2, 0.25) is 0 Å². The summed E-state index contributed by atoms with van der Waals surface area (Å²) >= 11 is 0. The molecule has 1 saturated heterocycles. The third-order valence-electron chi connectivity index (χ3n) is 7.00. The molecule has 31 heavy (non-hydrogen) atoms. The van der Waals surface area contributed by atoms with E-state index in [-0.39, 0.29) is 28.1 Å². The first-order valence-electron chi connectivity index (χ1n) is 11.7. The van der Waals surface area contributed by atoms with Crippen LogP contribution in [0.25, 0.3) is 0 Å². The molecule has 0 bridgehead atoms. The molecule has 1 amide bonds. The van der Waals surface area contributed by atoms with Crippen LogP contribution >= 0.6 is 0 Å². The molecule has 4 rings (SSSR count). The molecule has 1 aromatic rings. The maximum absolute atomic E-state index is 13.0. The average molecular weight is 450 g/mol. The lowest BCUT2D eigenvalue weighted by molar-refractivity contribution is 0.0326. The van der Waals surface area contributed by atoms with E-state index in [9.17, 15) is 13.2 Å². The van der Waals surface area contributed by atoms with Crippen LogP contribution in [0, 0.1) is 0 Å². The molecule has 7 nitrogen and oxygen atoms in total. The van der Waals surface area contributed by atoms with Gasteiger partial charge in [-0.2, -0.15) is 0 Å². The lowest BCUT2D eigenvalue weighted by Crippen LogP contribution is -2.58. The Morgan fingerprint density at radius 2 is 1.77 bits per heavy atom. The zero-order valence-electron chi connectivity index (χ0n) is 18.5. The second-order valence-corrected chi connectivity index (χ2v) is 11.0. The maximum Gasteiger partial charge on any atom is 0.251 e. The van der Waals surface area contributed by atoms with Crippen LogP contribution in [0.4, 0.5) is 0 Å². The van der Waals surface area contributed by atoms with Crippen molar-refractivity contribution < 1.29 is 17.9 Å². The van der Waals surface area contributed by atoms with Gasteiger partial charge < -0.3 is 10.1 Å². The summed E-state index contributed by atoms with van der Waals surface area (Å²) in [5, 5.41) is 3.14. The molecular formula is C23H35N3O4S. The van der Waals surface area contributed by atoms with Crippen molar-refractivity contribution in [1.82, 2.24) is 14.9 Å². The van der Waals surface area contributed by atoms with Crippen LogP contribution in [-0.2, 0) is 10.0 Å². The minimum atomic E-state index is -3.72. The molecule has 0 unspecified atom stereocenters. The monoisotopic (exact) mass is 449 g/mol. The van der Waals surface area contributed by atoms with Crippen LogP contribution < -0.4 is 14.8 Å². The Hall–Kier alpha value is -1.64. The number of likely N-dealkylation sites (tertiary alicyclic amines) is 1. The van der Waals surface area contributed by atoms with Crippen molar-refractivity contribution in [3.05, 3.63) is 23.8 Å². The normalized spacial score (nSPS) is 22.1. The zero-order chi connectivity index (χ0) is 21.9. The number of piperidine rings is 1. The van der Waals surface area contributed by atoms with Gasteiger partial charge in [-0.1, -0.05) is 25.7 Å². The smallest absolute Gasteiger partial charge is 0.251 e. The minimum absolute atomic E-state index is 0.0112. The Morgan fingerprint density at radius 1 is 1.10 bits per heavy atom. The summed E-state index contributed by atoms with van der Waals surface area (Å²) in [4.78, 5) is 15.7. The number of hydrogen-bond donors (Lipinski definition) is 2. The number of hydrogen-bond acceptors (Lipinski definition) is 5. The molecule has 0 spiro atoms. The first kappa shape index (κ1) is 22.6. The third kappa shape index (κ3) is 5.23. The molecule has 2 aliphatic carbocycles. The fraction of sp³-hybridized carbons (Fsp3) is 0.696. The van der Waals surface area contributed by atoms with E-state index in [1.54, 1.807) is 12.1 Å². The predicted molar refractivity (Wildman–Crippen MR) is 120 cm³/mol. The van der Waals surface area contributed by atoms with Crippen molar-refractivity contribution in [3.8, 4) is 5.75 Å². The van der Waals surface area contributed by atoms with Crippen LogP contribution in [0.5, 0.6) is 5.75 Å². The molecule has 1 aromatic carbocycles. The van der Waals surface area contributed by atoms with Crippen LogP contribution in [0.3, 0.4) is 0 Å². The quantitative estimate of drug-likeness (QED) is 0.637. The van der Waals surface area contributed by atoms with Gasteiger partial charge in [0.2, 0.25) is 10.0 Å². The molecule has 3 aliphatic rings. The van der Waals surface area contributed by atoms with Gasteiger partial charge in [0, 0.05) is 23.7 Å². The number of methoxy groups -OCH3 is 1. The molecular weight excluding hydrogens is 414 g/mol. The van der Waals surface area contributed by atoms with Crippen molar-refractivity contribution in [1.29, 1.82) is 0 Å². The maximum atomic E-state index is 13.0. The second kappa shape index (κ2) is 9.46. The molecule has 1 heterocycles. The summed E-state index contributed by atoms with van der Waals surface area (Å²) in [6.45, 7) is 2.82. The van der Waals surface area contributed by atoms with Crippen molar-refractivity contribution in [3.63, 3.8) is 0 Å². The van der Waals surface area contributed by atoms with Crippen LogP contribution in [0.15, 0.2) is 23.1 Å². The summed E-state index contributed by atoms with van der Waals surface area (Å²) in [7, 11) is -2.28. The lowest BCUT2D eigenvalue weighted by Gasteiger charge is -2.48. The molecule has 172 valence electrons. The summed E-state index contributed by atoms with van der Waals surface area (Å²) < 4.78 is 33.5. The number of amides is 1. The van der Waals surface area contributed by atoms with E-state index in [1.807, 2.05) is 0 Å². The molecule has 0 aromatic heterocycles. The van der Waals surface area contributed by atoms with Gasteiger partial charge in [-0.3, -0.25) is 9.69 Å². The summed E-state index contributed by atoms with van der Waals surface area (Å²) in [5.74, 6) is 0.0225. The van der Waals surface area contributed by atoms with Gasteiger partial charge in [-0.25, -0.2) is 13.1 Å². The predicted octanol–water partition coefficient (Wildman–Crippen LogP) is 3.05. The Labute approximate surface area is 186 Å². The number of nitrogens with zero attached hydrogens (tertiary/aromatic N) is 1. The van der Waals surface area contributed by atoms with Crippen LogP contribution in [0.1, 0.15) is 74.6 Å². The second-order valence-electron chi connectivity index (χ2n) is 9.28. The van der Waals surface area contributed by atoms with E-state index >= 15 is 0 Å². The average Bonchev–Trinajstić information content (AvgIpc) is 3.61. The van der Waals surface area contributed by atoms with Crippen LogP contribution in [-0.4, -0.2) is 57.5 Å². The van der Waals surface area contributed by atoms with Crippen molar-refractivity contribution in [2.75, 3.05) is 26.7 Å². The van der Waals surface area contributed by atoms with Gasteiger partial charge in [0.1, 0.15) is 10.6 Å². The lowest BCUT2D eigenvalue weighted by atomic mass is 9.79. The van der Waals surface area contributed by atoms with Gasteiger partial charge >= 0.3 is 0 Å². The molecule has 2 saturated carbocycles. The number of carbonyl (C=O) groups excluding carboxylic acids is 1. The van der Waals surface area contributed by atoms with E-state index in [0.717, 1.165) is 38.8 Å². The van der Waals surface area contributed by atoms with E-state index in [0.29, 0.717) is 12.1 Å². The minimum Gasteiger partial charge on any atom is -0.495 e. The largest absolute Gasteiger partial charge is 0.495 e. The Morgan fingerprint density at radius 3 is 2.42 bits per heavy atom. The van der Waals surface area contributed by atoms with Crippen molar-refractivity contribution >= 4 is 15.9 Å². The SMILES string of the molecule is COc1ccc(C(=O)NCC2(N3CCCCC3)CCCCC2)cc1S(=O)(=O)NC1CC1. The van der Waals surface area contributed by atoms with Crippen molar-refractivity contribution in [2.24, 2.45) is 0 Å². The highest BCUT2D eigenvalue weighted by molar-refractivity contribution is 7.89. The highest BCUT2D eigenvalue weighted by atomic mass is 32.2. The Bertz CT molecular complexity index is 886. The fourth-order valence-corrected chi connectivity index (χ4v) is 6.54. The number of ether oxygens (including phenoxy) is 1. The third-order valence-corrected chi connectivity index (χ3v) is 8.55. The number of rotatable bonds is 8. The zero-order valence-corrected chi connectivity index (χ0v) is 19.3. The van der Waals surface area contributed by atoms with E-state index < -0.39 is 10.0 Å². The van der Waals surface area contributed by atoms with Gasteiger partial charge in [0.05, 0.1) is 7.11 Å². The number of carbonyl (C=O) groups is 1. The molecule has 8 heteroatoms. The van der Waals surface area contributed by atoms with Gasteiger partial charge in [0.15, 0.2) is 0 Å². The fourth-order valence-electron chi connectivity index (χ4n) is 5.04. The van der Waals surface area contributed by atoms with Gasteiger partial charge in [0.25, 0.3) is 5.91 Å². The van der Waals surface area contributed by atoms with E-state index in [1.165, 1.54) is 51.7 Å². The molecule has 0 atom stereocenters. The Kier molecular flexibility index (Phi) is 6.89. The van der Waals surface area contributed by atoms with Crippen molar-refractivity contribution in [2.45, 2.75) is 80.7 Å². The van der Waals surface area contributed by atoms with E-state index in [4.69, 9.17) is 4.74 Å². The summed E-state index contributed by atoms with van der Waals surface area (Å²) in [5.41, 5.74) is 0.380. The highest BCUT2D eigenvalue weighted by Crippen LogP contribution is 2.35. The molecule has 3 fully saturated rings. The summed E-state index contributed by atoms with van der Waals surface area (Å²) in [6, 6.07) is 4.63. The van der Waals surface area contributed by atoms with E-state index in [2.05, 4.69) is 14.9 Å². The topological polar surface area (TPSA) is 87.7 Å². The Balaban J connectivity index is 1.50. The highest BCUT2D eigenvalue weighted by Gasteiger charge is 2.38. The first-order valence-corrected chi connectivity index (χ1v) is 13.2. The standard InChI is InChI=1S/C23H35N3O4S/c1-30-20-11-8-18(16-21(20)31(28,29)25-19-9-10-19)22(27)24-17-23(12-4-2-5-13-23)26-14-6-3-7-15-26/h8,11,16,19,25H,2-7,9-10,12-15,17H2,1H3,(H,24,27). The molecule has 2 N–H and O–H groups in total. The first-order chi connectivity index (χ1) is 14.9. The number of benzene rings is 1. The number of sulfonamides is 1. The molecule has 0 radical (unpaired) electrons.